The van der Waals surface area contributed by atoms with E-state index in [1.54, 1.807) is 13.8 Å². The predicted molar refractivity (Wildman–Crippen MR) is 80.5 cm³/mol. The number of carboxylic acid groups (broad SMARTS) is 1. The van der Waals surface area contributed by atoms with Crippen molar-refractivity contribution in [1.29, 1.82) is 0 Å². The Morgan fingerprint density at radius 3 is 2.50 bits per heavy atom. The van der Waals surface area contributed by atoms with Crippen LogP contribution in [0.3, 0.4) is 0 Å². The maximum absolute atomic E-state index is 11.3. The highest BCUT2D eigenvalue weighted by atomic mass is 31.1. The molecule has 3 unspecified atom stereocenters. The number of aliphatic hydroxyl groups is 1. The quantitative estimate of drug-likeness (QED) is 0.258. The Labute approximate surface area is 130 Å². The van der Waals surface area contributed by atoms with Crippen LogP contribution in [-0.2, 0) is 25.3 Å². The topological polar surface area (TPSA) is 105 Å². The zero-order chi connectivity index (χ0) is 16.6. The summed E-state index contributed by atoms with van der Waals surface area (Å²) in [6, 6.07) is 8.70. The lowest BCUT2D eigenvalue weighted by atomic mass is 9.95. The molecule has 3 N–H and O–H groups in total. The smallest absolute Gasteiger partial charge is 0.477 e. The normalized spacial score (nSPS) is 15.6. The minimum absolute atomic E-state index is 0.268. The number of benzene rings is 1. The van der Waals surface area contributed by atoms with Gasteiger partial charge in [0.25, 0.3) is 0 Å². The predicted octanol–water partition coefficient (Wildman–Crippen LogP) is 1.50. The van der Waals surface area contributed by atoms with Gasteiger partial charge in [-0.15, -0.1) is 4.89 Å². The minimum Gasteiger partial charge on any atom is -0.477 e. The molecule has 0 spiro atoms. The third-order valence-corrected chi connectivity index (χ3v) is 3.37. The molecule has 7 nitrogen and oxygen atoms in total. The Balaban J connectivity index is 2.73. The summed E-state index contributed by atoms with van der Waals surface area (Å²) in [5, 5.41) is 22.4. The molecule has 3 atom stereocenters. The molecule has 0 aliphatic rings. The van der Waals surface area contributed by atoms with E-state index in [0.717, 1.165) is 5.56 Å². The van der Waals surface area contributed by atoms with Crippen molar-refractivity contribution in [3.63, 3.8) is 0 Å². The molecule has 1 rings (SSSR count). The van der Waals surface area contributed by atoms with Gasteiger partial charge in [0, 0.05) is 4.67 Å². The monoisotopic (exact) mass is 330 g/mol. The number of hydrogen-bond donors (Lipinski definition) is 3. The van der Waals surface area contributed by atoms with Crippen molar-refractivity contribution < 1.29 is 29.1 Å². The first-order valence-electron chi connectivity index (χ1n) is 6.86. The molecule has 0 radical (unpaired) electrons. The van der Waals surface area contributed by atoms with Crippen molar-refractivity contribution >= 4 is 14.7 Å². The highest BCUT2D eigenvalue weighted by Crippen LogP contribution is 2.22. The summed E-state index contributed by atoms with van der Waals surface area (Å²) in [6.07, 6.45) is 0.657. The molecular formula is C14H21NO6P+. The van der Waals surface area contributed by atoms with Gasteiger partial charge in [-0.1, -0.05) is 44.2 Å². The summed E-state index contributed by atoms with van der Waals surface area (Å²) in [4.78, 5) is 15.8. The van der Waals surface area contributed by atoms with Crippen molar-refractivity contribution in [2.45, 2.75) is 32.1 Å². The third kappa shape index (κ3) is 5.12. The molecule has 1 aromatic carbocycles. The summed E-state index contributed by atoms with van der Waals surface area (Å²) in [7, 11) is -1.33. The largest absolute Gasteiger partial charge is 0.526 e. The molecule has 0 saturated heterocycles. The Bertz CT molecular complexity index is 483. The highest BCUT2D eigenvalue weighted by molar-refractivity contribution is 7.17. The summed E-state index contributed by atoms with van der Waals surface area (Å²) < 4.78 is 14.5. The average Bonchev–Trinajstić information content (AvgIpc) is 2.49. The maximum atomic E-state index is 11.3. The van der Waals surface area contributed by atoms with Crippen molar-refractivity contribution in [3.05, 3.63) is 35.9 Å². The van der Waals surface area contributed by atoms with Crippen LogP contribution in [0.4, 0.5) is 0 Å². The SMILES string of the molecule is CC(C)C(NCCc1ccccc1)C(O)(OO[PH+]=O)C(=O)O. The Kier molecular flexibility index (Phi) is 7.58. The highest BCUT2D eigenvalue weighted by Gasteiger charge is 2.50. The van der Waals surface area contributed by atoms with Crippen molar-refractivity contribution in [1.82, 2.24) is 5.32 Å². The third-order valence-electron chi connectivity index (χ3n) is 3.22. The second-order valence-electron chi connectivity index (χ2n) is 5.16. The second kappa shape index (κ2) is 8.92. The first-order valence-corrected chi connectivity index (χ1v) is 7.68. The van der Waals surface area contributed by atoms with E-state index < -0.39 is 26.5 Å². The fourth-order valence-corrected chi connectivity index (χ4v) is 2.30. The van der Waals surface area contributed by atoms with Crippen LogP contribution in [-0.4, -0.2) is 34.6 Å². The number of rotatable bonds is 10. The van der Waals surface area contributed by atoms with E-state index in [4.69, 9.17) is 0 Å². The number of carboxylic acids is 1. The van der Waals surface area contributed by atoms with Gasteiger partial charge in [-0.2, -0.15) is 0 Å². The second-order valence-corrected chi connectivity index (χ2v) is 5.50. The molecule has 0 aromatic heterocycles. The lowest BCUT2D eigenvalue weighted by Crippen LogP contribution is -2.60. The molecule has 0 aliphatic heterocycles. The Hall–Kier alpha value is -1.37. The van der Waals surface area contributed by atoms with Gasteiger partial charge in [0.15, 0.2) is 0 Å². The zero-order valence-electron chi connectivity index (χ0n) is 12.5. The molecule has 8 heteroatoms. The van der Waals surface area contributed by atoms with Crippen LogP contribution in [0.15, 0.2) is 30.3 Å². The fourth-order valence-electron chi connectivity index (χ4n) is 2.14. The number of carbonyl (C=O) groups is 1. The molecule has 0 saturated carbocycles. The van der Waals surface area contributed by atoms with Crippen LogP contribution in [0.1, 0.15) is 19.4 Å². The van der Waals surface area contributed by atoms with Gasteiger partial charge in [-0.25, -0.2) is 4.79 Å². The van der Waals surface area contributed by atoms with Crippen LogP contribution < -0.4 is 5.32 Å². The summed E-state index contributed by atoms with van der Waals surface area (Å²) in [5.41, 5.74) is 1.08. The summed E-state index contributed by atoms with van der Waals surface area (Å²) >= 11 is 0. The Morgan fingerprint density at radius 1 is 1.36 bits per heavy atom. The first-order chi connectivity index (χ1) is 10.4. The molecular weight excluding hydrogens is 309 g/mol. The van der Waals surface area contributed by atoms with E-state index in [-0.39, 0.29) is 5.92 Å². The lowest BCUT2D eigenvalue weighted by molar-refractivity contribution is -0.362. The van der Waals surface area contributed by atoms with Crippen molar-refractivity contribution in [3.8, 4) is 0 Å². The van der Waals surface area contributed by atoms with Gasteiger partial charge in [0.1, 0.15) is 0 Å². The molecule has 0 bridgehead atoms. The standard InChI is InChI=1S/C14H20NO6P/c1-10(2)12(14(18,13(16)17)20-21-22-19)15-9-8-11-6-4-3-5-7-11/h3-7,10,12,15,18,22H,8-9H2,1-2H3/p+1. The molecule has 0 amide bonds. The number of nitrogens with one attached hydrogen (secondary N) is 1. The molecule has 1 aromatic rings. The molecule has 0 aliphatic carbocycles. The minimum atomic E-state index is -2.62. The van der Waals surface area contributed by atoms with Gasteiger partial charge in [0.05, 0.1) is 6.04 Å². The van der Waals surface area contributed by atoms with Crippen molar-refractivity contribution in [2.75, 3.05) is 6.54 Å². The first kappa shape index (κ1) is 18.7. The van der Waals surface area contributed by atoms with Gasteiger partial charge in [0.2, 0.25) is 0 Å². The fraction of sp³-hybridized carbons (Fsp3) is 0.500. The van der Waals surface area contributed by atoms with Crippen LogP contribution in [0.5, 0.6) is 0 Å². The molecule has 0 fully saturated rings. The molecule has 22 heavy (non-hydrogen) atoms. The van der Waals surface area contributed by atoms with Gasteiger partial charge in [-0.05, 0) is 29.0 Å². The summed E-state index contributed by atoms with van der Waals surface area (Å²) in [5.74, 6) is -4.51. The molecule has 0 heterocycles. The maximum Gasteiger partial charge on any atom is 0.526 e. The zero-order valence-corrected chi connectivity index (χ0v) is 13.5. The van der Waals surface area contributed by atoms with Crippen molar-refractivity contribution in [2.24, 2.45) is 5.92 Å². The lowest BCUT2D eigenvalue weighted by Gasteiger charge is -2.32. The van der Waals surface area contributed by atoms with E-state index in [1.165, 1.54) is 0 Å². The van der Waals surface area contributed by atoms with Crippen LogP contribution in [0, 0.1) is 5.92 Å². The molecule has 122 valence electrons. The Morgan fingerprint density at radius 2 is 2.00 bits per heavy atom. The number of hydrogen-bond acceptors (Lipinski definition) is 6. The van der Waals surface area contributed by atoms with Gasteiger partial charge in [-0.3, -0.25) is 0 Å². The van der Waals surface area contributed by atoms with E-state index in [1.807, 2.05) is 30.3 Å². The van der Waals surface area contributed by atoms with E-state index in [9.17, 15) is 19.6 Å². The van der Waals surface area contributed by atoms with Gasteiger partial charge >= 0.3 is 20.4 Å². The van der Waals surface area contributed by atoms with Gasteiger partial charge < -0.3 is 15.5 Å². The number of aliphatic carboxylic acids is 1. The van der Waals surface area contributed by atoms with Crippen LogP contribution in [0.2, 0.25) is 0 Å². The van der Waals surface area contributed by atoms with E-state index >= 15 is 0 Å². The van der Waals surface area contributed by atoms with E-state index in [0.29, 0.717) is 13.0 Å². The average molecular weight is 330 g/mol. The van der Waals surface area contributed by atoms with Crippen LogP contribution in [0.25, 0.3) is 0 Å². The van der Waals surface area contributed by atoms with E-state index in [2.05, 4.69) is 14.9 Å². The summed E-state index contributed by atoms with van der Waals surface area (Å²) in [6.45, 7) is 3.90. The van der Waals surface area contributed by atoms with Crippen LogP contribution >= 0.6 is 8.69 Å².